The number of phenols is 1. The summed E-state index contributed by atoms with van der Waals surface area (Å²) in [6.45, 7) is 1.46. The lowest BCUT2D eigenvalue weighted by atomic mass is 9.92. The summed E-state index contributed by atoms with van der Waals surface area (Å²) in [6, 6.07) is 5.10. The smallest absolute Gasteiger partial charge is 0.217 e. The number of carbonyl (C=O) groups is 1. The quantitative estimate of drug-likeness (QED) is 0.819. The van der Waals surface area contributed by atoms with Gasteiger partial charge in [0.25, 0.3) is 0 Å². The van der Waals surface area contributed by atoms with Gasteiger partial charge in [0, 0.05) is 18.1 Å². The predicted octanol–water partition coefficient (Wildman–Crippen LogP) is 3.22. The molecule has 150 valence electrons. The maximum absolute atomic E-state index is 11.8. The van der Waals surface area contributed by atoms with Gasteiger partial charge < -0.3 is 29.4 Å². The highest BCUT2D eigenvalue weighted by atomic mass is 16.5. The maximum Gasteiger partial charge on any atom is 0.217 e. The number of hydrogen-bond donors (Lipinski definition) is 2. The Balaban J connectivity index is 2.37. The fraction of sp³-hybridized carbons (Fsp3) is 0.381. The average Bonchev–Trinajstić information content (AvgIpc) is 2.83. The number of carbonyl (C=O) groups excluding carboxylic acids is 1. The van der Waals surface area contributed by atoms with Crippen molar-refractivity contribution in [1.82, 2.24) is 5.32 Å². The van der Waals surface area contributed by atoms with E-state index in [0.717, 1.165) is 16.7 Å². The molecule has 28 heavy (non-hydrogen) atoms. The highest BCUT2D eigenvalue weighted by Crippen LogP contribution is 2.53. The molecule has 0 radical (unpaired) electrons. The van der Waals surface area contributed by atoms with Crippen LogP contribution in [0.2, 0.25) is 0 Å². The van der Waals surface area contributed by atoms with Gasteiger partial charge in [0.05, 0.1) is 34.5 Å². The van der Waals surface area contributed by atoms with Crippen molar-refractivity contribution < 1.29 is 28.8 Å². The van der Waals surface area contributed by atoms with Crippen LogP contribution in [0.3, 0.4) is 0 Å². The van der Waals surface area contributed by atoms with Gasteiger partial charge in [0.1, 0.15) is 0 Å². The Labute approximate surface area is 164 Å². The number of benzene rings is 2. The number of aromatic hydroxyl groups is 1. The van der Waals surface area contributed by atoms with E-state index in [-0.39, 0.29) is 17.7 Å². The van der Waals surface area contributed by atoms with Crippen molar-refractivity contribution in [2.45, 2.75) is 25.8 Å². The van der Waals surface area contributed by atoms with Crippen LogP contribution in [0.15, 0.2) is 18.2 Å². The molecule has 1 aliphatic rings. The average molecular weight is 387 g/mol. The molecule has 1 aliphatic carbocycles. The second-order valence-electron chi connectivity index (χ2n) is 6.55. The summed E-state index contributed by atoms with van der Waals surface area (Å²) in [7, 11) is 6.19. The molecule has 0 aliphatic heterocycles. The second kappa shape index (κ2) is 7.88. The van der Waals surface area contributed by atoms with Crippen molar-refractivity contribution >= 4 is 5.91 Å². The van der Waals surface area contributed by atoms with Gasteiger partial charge in [-0.05, 0) is 42.2 Å². The molecular weight excluding hydrogens is 362 g/mol. The van der Waals surface area contributed by atoms with E-state index in [2.05, 4.69) is 5.32 Å². The number of nitrogens with one attached hydrogen (secondary N) is 1. The molecule has 0 saturated heterocycles. The van der Waals surface area contributed by atoms with Crippen molar-refractivity contribution in [1.29, 1.82) is 0 Å². The molecule has 0 bridgehead atoms. The molecule has 7 heteroatoms. The van der Waals surface area contributed by atoms with Crippen molar-refractivity contribution in [3.8, 4) is 39.9 Å². The number of rotatable bonds is 5. The minimum absolute atomic E-state index is 0.00318. The second-order valence-corrected chi connectivity index (χ2v) is 6.55. The van der Waals surface area contributed by atoms with E-state index in [9.17, 15) is 9.90 Å². The van der Waals surface area contributed by atoms with E-state index in [4.69, 9.17) is 18.9 Å². The third-order valence-electron chi connectivity index (χ3n) is 5.01. The molecule has 3 rings (SSSR count). The normalized spacial score (nSPS) is 15.0. The van der Waals surface area contributed by atoms with Gasteiger partial charge in [-0.2, -0.15) is 0 Å². The molecule has 0 unspecified atom stereocenters. The number of methoxy groups -OCH3 is 4. The first-order valence-corrected chi connectivity index (χ1v) is 8.95. The van der Waals surface area contributed by atoms with Gasteiger partial charge in [-0.1, -0.05) is 0 Å². The summed E-state index contributed by atoms with van der Waals surface area (Å²) in [4.78, 5) is 11.8. The predicted molar refractivity (Wildman–Crippen MR) is 105 cm³/mol. The molecule has 2 aromatic rings. The van der Waals surface area contributed by atoms with Crippen LogP contribution in [-0.2, 0) is 11.2 Å². The molecule has 0 saturated carbocycles. The first-order valence-electron chi connectivity index (χ1n) is 8.95. The lowest BCUT2D eigenvalue weighted by Crippen LogP contribution is -2.26. The number of hydrogen-bond acceptors (Lipinski definition) is 6. The zero-order valence-electron chi connectivity index (χ0n) is 16.7. The summed E-state index contributed by atoms with van der Waals surface area (Å²) in [5, 5.41) is 13.8. The van der Waals surface area contributed by atoms with E-state index in [1.54, 1.807) is 27.4 Å². The van der Waals surface area contributed by atoms with Crippen LogP contribution in [0.25, 0.3) is 11.1 Å². The minimum Gasteiger partial charge on any atom is -0.504 e. The standard InChI is InChI=1S/C21H25NO6/c1-11(23)22-14-8-6-12-10-16(26-3)20(27-4)21(28-5)17(12)13-7-9-15(25-2)19(24)18(13)14/h7,9-10,14,24H,6,8H2,1-5H3,(H,22,23)/t14-/m0/s1. The van der Waals surface area contributed by atoms with Crippen molar-refractivity contribution in [3.05, 3.63) is 29.3 Å². The summed E-state index contributed by atoms with van der Waals surface area (Å²) in [5.41, 5.74) is 3.13. The summed E-state index contributed by atoms with van der Waals surface area (Å²) < 4.78 is 22.0. The van der Waals surface area contributed by atoms with Crippen LogP contribution in [0.4, 0.5) is 0 Å². The zero-order chi connectivity index (χ0) is 20.4. The Kier molecular flexibility index (Phi) is 5.53. The molecule has 2 aromatic carbocycles. The highest BCUT2D eigenvalue weighted by molar-refractivity contribution is 5.85. The van der Waals surface area contributed by atoms with Gasteiger partial charge >= 0.3 is 0 Å². The first kappa shape index (κ1) is 19.7. The number of ether oxygens (including phenoxy) is 4. The monoisotopic (exact) mass is 387 g/mol. The van der Waals surface area contributed by atoms with Gasteiger partial charge in [0.2, 0.25) is 11.7 Å². The van der Waals surface area contributed by atoms with Gasteiger partial charge in [0.15, 0.2) is 23.0 Å². The Morgan fingerprint density at radius 3 is 2.29 bits per heavy atom. The van der Waals surface area contributed by atoms with Crippen LogP contribution in [0, 0.1) is 0 Å². The van der Waals surface area contributed by atoms with Gasteiger partial charge in [-0.25, -0.2) is 0 Å². The number of phenolic OH excluding ortho intramolecular Hbond substituents is 1. The van der Waals surface area contributed by atoms with Crippen molar-refractivity contribution in [2.75, 3.05) is 28.4 Å². The third-order valence-corrected chi connectivity index (χ3v) is 5.01. The van der Waals surface area contributed by atoms with Crippen LogP contribution >= 0.6 is 0 Å². The Morgan fingerprint density at radius 1 is 1.04 bits per heavy atom. The molecule has 0 heterocycles. The van der Waals surface area contributed by atoms with Crippen molar-refractivity contribution in [2.24, 2.45) is 0 Å². The highest BCUT2D eigenvalue weighted by Gasteiger charge is 2.32. The topological polar surface area (TPSA) is 86.3 Å². The van der Waals surface area contributed by atoms with E-state index in [1.807, 2.05) is 12.1 Å². The SMILES string of the molecule is COc1ccc2c(c1O)[C@@H](NC(C)=O)CCc1cc(OC)c(OC)c(OC)c1-2. The summed E-state index contributed by atoms with van der Waals surface area (Å²) in [6.07, 6.45) is 1.24. The molecule has 2 N–H and O–H groups in total. The zero-order valence-corrected chi connectivity index (χ0v) is 16.7. The molecule has 1 atom stereocenters. The fourth-order valence-electron chi connectivity index (χ4n) is 3.86. The third kappa shape index (κ3) is 3.17. The first-order chi connectivity index (χ1) is 13.5. The van der Waals surface area contributed by atoms with Crippen LogP contribution < -0.4 is 24.3 Å². The number of amides is 1. The molecule has 7 nitrogen and oxygen atoms in total. The maximum atomic E-state index is 11.8. The Bertz CT molecular complexity index is 908. The lowest BCUT2D eigenvalue weighted by Gasteiger charge is -2.22. The summed E-state index contributed by atoms with van der Waals surface area (Å²) in [5.74, 6) is 1.73. The number of fused-ring (bicyclic) bond motifs is 3. The number of aryl methyl sites for hydroxylation is 1. The van der Waals surface area contributed by atoms with Crippen LogP contribution in [0.5, 0.6) is 28.7 Å². The molecule has 0 spiro atoms. The van der Waals surface area contributed by atoms with Crippen LogP contribution in [-0.4, -0.2) is 39.5 Å². The van der Waals surface area contributed by atoms with E-state index >= 15 is 0 Å². The molecule has 0 aromatic heterocycles. The molecule has 1 amide bonds. The largest absolute Gasteiger partial charge is 0.504 e. The van der Waals surface area contributed by atoms with E-state index < -0.39 is 0 Å². The summed E-state index contributed by atoms with van der Waals surface area (Å²) >= 11 is 0. The Hall–Kier alpha value is -3.09. The van der Waals surface area contributed by atoms with E-state index in [0.29, 0.717) is 41.4 Å². The fourth-order valence-corrected chi connectivity index (χ4v) is 3.86. The van der Waals surface area contributed by atoms with Gasteiger partial charge in [-0.3, -0.25) is 4.79 Å². The van der Waals surface area contributed by atoms with Gasteiger partial charge in [-0.15, -0.1) is 0 Å². The van der Waals surface area contributed by atoms with E-state index in [1.165, 1.54) is 14.0 Å². The van der Waals surface area contributed by atoms with Crippen LogP contribution in [0.1, 0.15) is 30.5 Å². The van der Waals surface area contributed by atoms with Crippen molar-refractivity contribution in [3.63, 3.8) is 0 Å². The minimum atomic E-state index is -0.378. The Morgan fingerprint density at radius 2 is 1.71 bits per heavy atom. The molecular formula is C21H25NO6. The molecule has 0 fully saturated rings. The lowest BCUT2D eigenvalue weighted by molar-refractivity contribution is -0.119.